The molecular weight excluding hydrogens is 279 g/mol. The number of hydrogen-bond acceptors (Lipinski definition) is 2. The van der Waals surface area contributed by atoms with Crippen LogP contribution in [-0.4, -0.2) is 23.9 Å². The summed E-state index contributed by atoms with van der Waals surface area (Å²) in [6.45, 7) is 0.849. The average molecular weight is 292 g/mol. The Morgan fingerprint density at radius 2 is 1.86 bits per heavy atom. The predicted molar refractivity (Wildman–Crippen MR) is 81.4 cm³/mol. The maximum Gasteiger partial charge on any atom is 0.254 e. The van der Waals surface area contributed by atoms with Gasteiger partial charge in [-0.3, -0.25) is 4.79 Å². The summed E-state index contributed by atoms with van der Waals surface area (Å²) in [5, 5.41) is 8.78. The van der Waals surface area contributed by atoms with Crippen LogP contribution in [0.4, 0.5) is 4.39 Å². The van der Waals surface area contributed by atoms with Crippen molar-refractivity contribution in [2.24, 2.45) is 0 Å². The molecule has 1 heterocycles. The van der Waals surface area contributed by atoms with Crippen LogP contribution >= 0.6 is 0 Å². The molecule has 0 fully saturated rings. The van der Waals surface area contributed by atoms with Crippen LogP contribution in [0.15, 0.2) is 54.6 Å². The number of carbonyl (C=O) groups is 1. The Bertz CT molecular complexity index is 787. The standard InChI is InChI=1S/C18H13FN2O/c19-17-4-2-1-3-16(17)15-9-10-21(12-15)18(22)14-7-5-13(11-20)6-8-14/h1-9H,10,12H2. The number of carbonyl (C=O) groups excluding carboxylic acids is 1. The molecule has 4 heteroatoms. The van der Waals surface area contributed by atoms with E-state index >= 15 is 0 Å². The lowest BCUT2D eigenvalue weighted by Crippen LogP contribution is -2.28. The minimum absolute atomic E-state index is 0.118. The topological polar surface area (TPSA) is 44.1 Å². The second-order valence-corrected chi connectivity index (χ2v) is 5.08. The Morgan fingerprint density at radius 1 is 1.14 bits per heavy atom. The van der Waals surface area contributed by atoms with Gasteiger partial charge in [0.2, 0.25) is 0 Å². The fourth-order valence-electron chi connectivity index (χ4n) is 2.50. The Balaban J connectivity index is 1.75. The summed E-state index contributed by atoms with van der Waals surface area (Å²) in [5.41, 5.74) is 2.41. The summed E-state index contributed by atoms with van der Waals surface area (Å²) in [5.74, 6) is -0.395. The van der Waals surface area contributed by atoms with Crippen molar-refractivity contribution in [3.05, 3.63) is 77.1 Å². The Morgan fingerprint density at radius 3 is 2.55 bits per heavy atom. The molecule has 2 aromatic carbocycles. The molecule has 2 aromatic rings. The summed E-state index contributed by atoms with van der Waals surface area (Å²) in [6, 6.07) is 15.1. The minimum atomic E-state index is -0.276. The zero-order valence-corrected chi connectivity index (χ0v) is 11.8. The molecule has 0 saturated heterocycles. The van der Waals surface area contributed by atoms with Crippen LogP contribution in [0.25, 0.3) is 5.57 Å². The van der Waals surface area contributed by atoms with E-state index in [1.807, 2.05) is 12.1 Å². The van der Waals surface area contributed by atoms with Crippen LogP contribution in [-0.2, 0) is 0 Å². The van der Waals surface area contributed by atoms with Crippen LogP contribution in [0.1, 0.15) is 21.5 Å². The van der Waals surface area contributed by atoms with Gasteiger partial charge in [-0.1, -0.05) is 24.3 Å². The molecule has 0 atom stereocenters. The first-order chi connectivity index (χ1) is 10.7. The van der Waals surface area contributed by atoms with Gasteiger partial charge in [0.25, 0.3) is 5.91 Å². The maximum atomic E-state index is 13.8. The second kappa shape index (κ2) is 5.82. The second-order valence-electron chi connectivity index (χ2n) is 5.08. The monoisotopic (exact) mass is 292 g/mol. The van der Waals surface area contributed by atoms with Crippen LogP contribution in [0.5, 0.6) is 0 Å². The van der Waals surface area contributed by atoms with E-state index in [1.54, 1.807) is 47.4 Å². The van der Waals surface area contributed by atoms with Gasteiger partial charge in [-0.15, -0.1) is 0 Å². The van der Waals surface area contributed by atoms with Gasteiger partial charge >= 0.3 is 0 Å². The molecule has 0 unspecified atom stereocenters. The first-order valence-electron chi connectivity index (χ1n) is 6.92. The molecule has 0 saturated carbocycles. The Labute approximate surface area is 127 Å². The van der Waals surface area contributed by atoms with Gasteiger partial charge in [0.1, 0.15) is 5.82 Å². The highest BCUT2D eigenvalue weighted by Gasteiger charge is 2.22. The smallest absolute Gasteiger partial charge is 0.254 e. The first-order valence-corrected chi connectivity index (χ1v) is 6.92. The lowest BCUT2D eigenvalue weighted by Gasteiger charge is -2.16. The number of nitrogens with zero attached hydrogens (tertiary/aromatic N) is 2. The van der Waals surface area contributed by atoms with E-state index in [0.29, 0.717) is 29.8 Å². The normalized spacial score (nSPS) is 13.6. The van der Waals surface area contributed by atoms with Gasteiger partial charge in [-0.05, 0) is 35.9 Å². The largest absolute Gasteiger partial charge is 0.331 e. The van der Waals surface area contributed by atoms with E-state index in [0.717, 1.165) is 5.57 Å². The number of nitriles is 1. The minimum Gasteiger partial charge on any atom is -0.331 e. The third kappa shape index (κ3) is 2.61. The summed E-state index contributed by atoms with van der Waals surface area (Å²) in [6.07, 6.45) is 1.87. The van der Waals surface area contributed by atoms with Crippen molar-refractivity contribution < 1.29 is 9.18 Å². The summed E-state index contributed by atoms with van der Waals surface area (Å²) in [7, 11) is 0. The fourth-order valence-corrected chi connectivity index (χ4v) is 2.50. The molecule has 0 bridgehead atoms. The average Bonchev–Trinajstić information content (AvgIpc) is 3.04. The van der Waals surface area contributed by atoms with Gasteiger partial charge < -0.3 is 4.90 Å². The molecule has 3 rings (SSSR count). The molecule has 1 amide bonds. The van der Waals surface area contributed by atoms with Gasteiger partial charge in [0.15, 0.2) is 0 Å². The lowest BCUT2D eigenvalue weighted by molar-refractivity contribution is 0.0801. The third-order valence-electron chi connectivity index (χ3n) is 3.69. The quantitative estimate of drug-likeness (QED) is 0.853. The number of rotatable bonds is 2. The molecule has 0 N–H and O–H groups in total. The van der Waals surface area contributed by atoms with E-state index in [4.69, 9.17) is 5.26 Å². The van der Waals surface area contributed by atoms with Gasteiger partial charge in [0, 0.05) is 24.2 Å². The number of benzene rings is 2. The van der Waals surface area contributed by atoms with Crippen LogP contribution in [0.2, 0.25) is 0 Å². The molecule has 0 aromatic heterocycles. The molecule has 0 radical (unpaired) electrons. The number of halogens is 1. The molecule has 22 heavy (non-hydrogen) atoms. The van der Waals surface area contributed by atoms with E-state index in [9.17, 15) is 9.18 Å². The van der Waals surface area contributed by atoms with Crippen molar-refractivity contribution in [2.45, 2.75) is 0 Å². The van der Waals surface area contributed by atoms with Crippen molar-refractivity contribution in [3.8, 4) is 6.07 Å². The fraction of sp³-hybridized carbons (Fsp3) is 0.111. The molecular formula is C18H13FN2O. The van der Waals surface area contributed by atoms with E-state index < -0.39 is 0 Å². The van der Waals surface area contributed by atoms with Crippen LogP contribution < -0.4 is 0 Å². The van der Waals surface area contributed by atoms with E-state index in [1.165, 1.54) is 6.07 Å². The molecule has 0 spiro atoms. The van der Waals surface area contributed by atoms with Crippen LogP contribution in [0, 0.1) is 17.1 Å². The van der Waals surface area contributed by atoms with Crippen molar-refractivity contribution in [1.29, 1.82) is 5.26 Å². The van der Waals surface area contributed by atoms with E-state index in [2.05, 4.69) is 0 Å². The SMILES string of the molecule is N#Cc1ccc(C(=O)N2CC=C(c3ccccc3F)C2)cc1. The third-order valence-corrected chi connectivity index (χ3v) is 3.69. The number of amides is 1. The first kappa shape index (κ1) is 14.0. The van der Waals surface area contributed by atoms with Crippen molar-refractivity contribution in [2.75, 3.05) is 13.1 Å². The lowest BCUT2D eigenvalue weighted by atomic mass is 10.1. The Kier molecular flexibility index (Phi) is 3.71. The zero-order valence-electron chi connectivity index (χ0n) is 11.8. The summed E-state index contributed by atoms with van der Waals surface area (Å²) >= 11 is 0. The Hall–Kier alpha value is -2.93. The summed E-state index contributed by atoms with van der Waals surface area (Å²) in [4.78, 5) is 14.1. The highest BCUT2D eigenvalue weighted by atomic mass is 19.1. The highest BCUT2D eigenvalue weighted by Crippen LogP contribution is 2.24. The van der Waals surface area contributed by atoms with Gasteiger partial charge in [-0.25, -0.2) is 4.39 Å². The van der Waals surface area contributed by atoms with Crippen molar-refractivity contribution in [1.82, 2.24) is 4.90 Å². The van der Waals surface area contributed by atoms with E-state index in [-0.39, 0.29) is 11.7 Å². The molecule has 3 nitrogen and oxygen atoms in total. The molecule has 0 aliphatic carbocycles. The highest BCUT2D eigenvalue weighted by molar-refractivity contribution is 5.96. The van der Waals surface area contributed by atoms with Crippen LogP contribution in [0.3, 0.4) is 0 Å². The van der Waals surface area contributed by atoms with Crippen molar-refractivity contribution in [3.63, 3.8) is 0 Å². The number of hydrogen-bond donors (Lipinski definition) is 0. The summed E-state index contributed by atoms with van der Waals surface area (Å²) < 4.78 is 13.8. The van der Waals surface area contributed by atoms with Gasteiger partial charge in [0.05, 0.1) is 11.6 Å². The molecule has 108 valence electrons. The van der Waals surface area contributed by atoms with Gasteiger partial charge in [-0.2, -0.15) is 5.26 Å². The predicted octanol–water partition coefficient (Wildman–Crippen LogP) is 3.24. The zero-order chi connectivity index (χ0) is 15.5. The van der Waals surface area contributed by atoms with Crippen molar-refractivity contribution >= 4 is 11.5 Å². The molecule has 1 aliphatic rings. The maximum absolute atomic E-state index is 13.8. The molecule has 1 aliphatic heterocycles.